The number of aromatic nitrogens is 2. The van der Waals surface area contributed by atoms with E-state index in [4.69, 9.17) is 4.98 Å². The van der Waals surface area contributed by atoms with Crippen molar-refractivity contribution in [2.24, 2.45) is 5.92 Å². The molecule has 6 rings (SSSR count). The normalized spacial score (nSPS) is 17.4. The zero-order valence-corrected chi connectivity index (χ0v) is 25.6. The van der Waals surface area contributed by atoms with Crippen molar-refractivity contribution < 1.29 is 22.8 Å². The third-order valence-electron chi connectivity index (χ3n) is 7.99. The van der Waals surface area contributed by atoms with Gasteiger partial charge < -0.3 is 5.32 Å². The van der Waals surface area contributed by atoms with E-state index in [-0.39, 0.29) is 23.5 Å². The summed E-state index contributed by atoms with van der Waals surface area (Å²) in [7, 11) is 0. The maximum absolute atomic E-state index is 14.3. The molecule has 0 spiro atoms. The van der Waals surface area contributed by atoms with Gasteiger partial charge in [0, 0.05) is 4.88 Å². The van der Waals surface area contributed by atoms with Gasteiger partial charge in [-0.3, -0.25) is 23.9 Å². The minimum atomic E-state index is -4.60. The van der Waals surface area contributed by atoms with Crippen molar-refractivity contribution in [3.63, 3.8) is 0 Å². The van der Waals surface area contributed by atoms with Gasteiger partial charge in [-0.15, -0.1) is 11.3 Å². The van der Waals surface area contributed by atoms with Crippen LogP contribution in [0.5, 0.6) is 0 Å². The molecular formula is C31H29F3N4O3S2. The number of anilines is 2. The molecule has 43 heavy (non-hydrogen) atoms. The van der Waals surface area contributed by atoms with Gasteiger partial charge in [0.1, 0.15) is 11.4 Å². The van der Waals surface area contributed by atoms with Crippen molar-refractivity contribution in [1.82, 2.24) is 9.55 Å². The average Bonchev–Trinajstić information content (AvgIpc) is 3.30. The van der Waals surface area contributed by atoms with Crippen molar-refractivity contribution in [2.75, 3.05) is 16.8 Å². The van der Waals surface area contributed by atoms with Crippen molar-refractivity contribution in [1.29, 1.82) is 0 Å². The van der Waals surface area contributed by atoms with Gasteiger partial charge in [0.15, 0.2) is 5.16 Å². The van der Waals surface area contributed by atoms with Crippen molar-refractivity contribution in [3.8, 4) is 5.69 Å². The molecule has 12 heteroatoms. The van der Waals surface area contributed by atoms with E-state index < -0.39 is 28.8 Å². The SMILES string of the molecule is Cc1ccc(C)c(-n2c(SC(C)C(=O)N3CC(=O)Nc4cc(C(F)(F)F)ccc43)nc3sc4c(c3c2=O)CCC(C)C4)c1. The number of rotatable bonds is 4. The Morgan fingerprint density at radius 2 is 1.91 bits per heavy atom. The summed E-state index contributed by atoms with van der Waals surface area (Å²) >= 11 is 2.62. The second kappa shape index (κ2) is 10.8. The number of alkyl halides is 3. The number of benzene rings is 2. The van der Waals surface area contributed by atoms with Crippen molar-refractivity contribution in [3.05, 3.63) is 73.9 Å². The summed E-state index contributed by atoms with van der Waals surface area (Å²) in [4.78, 5) is 48.5. The molecular weight excluding hydrogens is 597 g/mol. The number of nitrogens with zero attached hydrogens (tertiary/aromatic N) is 3. The van der Waals surface area contributed by atoms with Crippen LogP contribution in [-0.2, 0) is 28.6 Å². The Balaban J connectivity index is 1.43. The molecule has 7 nitrogen and oxygen atoms in total. The fraction of sp³-hybridized carbons (Fsp3) is 0.355. The minimum Gasteiger partial charge on any atom is -0.323 e. The Hall–Kier alpha value is -3.64. The monoisotopic (exact) mass is 626 g/mol. The first-order chi connectivity index (χ1) is 20.3. The van der Waals surface area contributed by atoms with Crippen LogP contribution in [0.3, 0.4) is 0 Å². The predicted molar refractivity (Wildman–Crippen MR) is 164 cm³/mol. The standard InChI is InChI=1S/C31H29F3N4O3S2/c1-15-5-7-17(3)23(11-15)38-29(41)26-20-9-6-16(2)12-24(20)43-27(26)36-30(38)42-18(4)28(40)37-14-25(39)35-21-13-19(31(32,33)34)8-10-22(21)37/h5,7-8,10-11,13,16,18H,6,9,12,14H2,1-4H3,(H,35,39). The van der Waals surface area contributed by atoms with E-state index in [0.717, 1.165) is 59.8 Å². The summed E-state index contributed by atoms with van der Waals surface area (Å²) in [6.07, 6.45) is -1.90. The molecule has 2 amide bonds. The lowest BCUT2D eigenvalue weighted by molar-refractivity contribution is -0.137. The first kappa shape index (κ1) is 29.4. The summed E-state index contributed by atoms with van der Waals surface area (Å²) in [5, 5.41) is 2.59. The van der Waals surface area contributed by atoms with E-state index in [2.05, 4.69) is 12.2 Å². The van der Waals surface area contributed by atoms with Gasteiger partial charge >= 0.3 is 6.18 Å². The number of thiophene rings is 1. The van der Waals surface area contributed by atoms with Gasteiger partial charge in [-0.25, -0.2) is 4.98 Å². The molecule has 4 aromatic rings. The summed E-state index contributed by atoms with van der Waals surface area (Å²) in [6, 6.07) is 8.74. The van der Waals surface area contributed by atoms with Crippen LogP contribution in [0.2, 0.25) is 0 Å². The van der Waals surface area contributed by atoms with E-state index in [0.29, 0.717) is 27.0 Å². The molecule has 3 heterocycles. The maximum atomic E-state index is 14.3. The number of halogens is 3. The van der Waals surface area contributed by atoms with Crippen LogP contribution in [0.1, 0.15) is 47.4 Å². The van der Waals surface area contributed by atoms with Gasteiger partial charge in [0.2, 0.25) is 11.8 Å². The molecule has 2 atom stereocenters. The van der Waals surface area contributed by atoms with Gasteiger partial charge in [-0.1, -0.05) is 30.8 Å². The summed E-state index contributed by atoms with van der Waals surface area (Å²) in [5.41, 5.74) is 2.55. The number of carbonyl (C=O) groups excluding carboxylic acids is 2. The average molecular weight is 627 g/mol. The number of aryl methyl sites for hydroxylation is 3. The maximum Gasteiger partial charge on any atom is 0.416 e. The molecule has 1 aliphatic heterocycles. The van der Waals surface area contributed by atoms with E-state index in [1.54, 1.807) is 11.5 Å². The Morgan fingerprint density at radius 1 is 1.14 bits per heavy atom. The molecule has 2 aromatic carbocycles. The van der Waals surface area contributed by atoms with Gasteiger partial charge in [-0.05, 0) is 86.9 Å². The van der Waals surface area contributed by atoms with Gasteiger partial charge in [0.25, 0.3) is 5.56 Å². The number of thioether (sulfide) groups is 1. The second-order valence-electron chi connectivity index (χ2n) is 11.3. The Labute approximate surface area is 254 Å². The molecule has 0 bridgehead atoms. The molecule has 2 aliphatic rings. The Morgan fingerprint density at radius 3 is 2.65 bits per heavy atom. The van der Waals surface area contributed by atoms with E-state index in [9.17, 15) is 27.6 Å². The molecule has 2 unspecified atom stereocenters. The lowest BCUT2D eigenvalue weighted by Crippen LogP contribution is -2.45. The number of hydrogen-bond donors (Lipinski definition) is 1. The lowest BCUT2D eigenvalue weighted by atomic mass is 9.89. The number of fused-ring (bicyclic) bond motifs is 4. The zero-order chi connectivity index (χ0) is 30.8. The fourth-order valence-electron chi connectivity index (χ4n) is 5.71. The minimum absolute atomic E-state index is 0.0816. The third-order valence-corrected chi connectivity index (χ3v) is 10.2. The van der Waals surface area contributed by atoms with Crippen LogP contribution >= 0.6 is 23.1 Å². The predicted octanol–water partition coefficient (Wildman–Crippen LogP) is 6.67. The van der Waals surface area contributed by atoms with Crippen LogP contribution in [0.25, 0.3) is 15.9 Å². The highest BCUT2D eigenvalue weighted by Crippen LogP contribution is 2.40. The number of nitrogens with one attached hydrogen (secondary N) is 1. The highest BCUT2D eigenvalue weighted by atomic mass is 32.2. The first-order valence-corrected chi connectivity index (χ1v) is 15.7. The van der Waals surface area contributed by atoms with Crippen LogP contribution in [0.15, 0.2) is 46.3 Å². The number of carbonyl (C=O) groups is 2. The topological polar surface area (TPSA) is 84.3 Å². The lowest BCUT2D eigenvalue weighted by Gasteiger charge is -2.31. The van der Waals surface area contributed by atoms with E-state index in [1.165, 1.54) is 27.2 Å². The Kier molecular flexibility index (Phi) is 7.40. The van der Waals surface area contributed by atoms with Crippen molar-refractivity contribution >= 4 is 56.5 Å². The molecule has 224 valence electrons. The van der Waals surface area contributed by atoms with Crippen LogP contribution in [-0.4, -0.2) is 33.2 Å². The summed E-state index contributed by atoms with van der Waals surface area (Å²) < 4.78 is 41.5. The molecule has 1 aliphatic carbocycles. The molecule has 2 aromatic heterocycles. The van der Waals surface area contributed by atoms with E-state index in [1.807, 2.05) is 32.0 Å². The molecule has 0 radical (unpaired) electrons. The second-order valence-corrected chi connectivity index (χ2v) is 13.7. The van der Waals surface area contributed by atoms with Crippen LogP contribution < -0.4 is 15.8 Å². The smallest absolute Gasteiger partial charge is 0.323 e. The quantitative estimate of drug-likeness (QED) is 0.202. The molecule has 1 N–H and O–H groups in total. The molecule has 0 saturated heterocycles. The number of hydrogen-bond acceptors (Lipinski definition) is 6. The number of amides is 2. The first-order valence-electron chi connectivity index (χ1n) is 14.0. The van der Waals surface area contributed by atoms with Crippen molar-refractivity contribution in [2.45, 2.75) is 63.5 Å². The molecule has 0 saturated carbocycles. The summed E-state index contributed by atoms with van der Waals surface area (Å²) in [6.45, 7) is 7.36. The highest BCUT2D eigenvalue weighted by molar-refractivity contribution is 8.00. The molecule has 0 fully saturated rings. The largest absolute Gasteiger partial charge is 0.416 e. The summed E-state index contributed by atoms with van der Waals surface area (Å²) in [5.74, 6) is -0.560. The highest BCUT2D eigenvalue weighted by Gasteiger charge is 2.36. The fourth-order valence-corrected chi connectivity index (χ4v) is 8.12. The van der Waals surface area contributed by atoms with Crippen LogP contribution in [0.4, 0.5) is 24.5 Å². The van der Waals surface area contributed by atoms with Gasteiger partial charge in [-0.2, -0.15) is 13.2 Å². The van der Waals surface area contributed by atoms with Crippen LogP contribution in [0, 0.1) is 19.8 Å². The van der Waals surface area contributed by atoms with Gasteiger partial charge in [0.05, 0.1) is 33.3 Å². The van der Waals surface area contributed by atoms with E-state index >= 15 is 0 Å². The Bertz CT molecular complexity index is 1860. The zero-order valence-electron chi connectivity index (χ0n) is 24.0. The third kappa shape index (κ3) is 5.35.